The van der Waals surface area contributed by atoms with Crippen LogP contribution in [0.3, 0.4) is 0 Å². The molecule has 2 aliphatic heterocycles. The molecule has 13 heteroatoms. The van der Waals surface area contributed by atoms with E-state index in [0.29, 0.717) is 0 Å². The Morgan fingerprint density at radius 2 is 1.59 bits per heavy atom. The number of rotatable bonds is 6. The molecule has 0 aromatic heterocycles. The number of nitrogens with zero attached hydrogens (tertiary/aromatic N) is 2. The number of hydrogen-bond donors (Lipinski definition) is 5. The quantitative estimate of drug-likeness (QED) is 0.282. The van der Waals surface area contributed by atoms with Crippen LogP contribution in [0, 0.1) is 11.3 Å². The minimum atomic E-state index is -1.38. The monoisotopic (exact) mass is 614 g/mol. The molecule has 2 fully saturated rings. The van der Waals surface area contributed by atoms with E-state index in [1.54, 1.807) is 20.8 Å². The van der Waals surface area contributed by atoms with Crippen molar-refractivity contribution in [3.05, 3.63) is 35.9 Å². The maximum absolute atomic E-state index is 14.3. The van der Waals surface area contributed by atoms with Gasteiger partial charge in [-0.1, -0.05) is 65.0 Å². The third-order valence-corrected chi connectivity index (χ3v) is 7.71. The largest absolute Gasteiger partial charge is 0.394 e. The van der Waals surface area contributed by atoms with Crippen molar-refractivity contribution in [2.45, 2.75) is 84.1 Å². The molecule has 0 saturated carbocycles. The Bertz CT molecular complexity index is 1230. The van der Waals surface area contributed by atoms with Crippen molar-refractivity contribution in [3.63, 3.8) is 0 Å². The fourth-order valence-corrected chi connectivity index (χ4v) is 5.31. The zero-order valence-electron chi connectivity index (χ0n) is 26.4. The first kappa shape index (κ1) is 34.5. The van der Waals surface area contributed by atoms with E-state index in [1.165, 1.54) is 11.9 Å². The van der Waals surface area contributed by atoms with Gasteiger partial charge < -0.3 is 36.2 Å². The van der Waals surface area contributed by atoms with Crippen LogP contribution in [0.25, 0.3) is 0 Å². The summed E-state index contributed by atoms with van der Waals surface area (Å²) in [5.74, 6) is -3.40. The van der Waals surface area contributed by atoms with Gasteiger partial charge in [-0.15, -0.1) is 0 Å². The van der Waals surface area contributed by atoms with Crippen molar-refractivity contribution in [3.8, 4) is 0 Å². The van der Waals surface area contributed by atoms with Gasteiger partial charge in [-0.2, -0.15) is 0 Å². The van der Waals surface area contributed by atoms with Gasteiger partial charge in [-0.3, -0.25) is 28.8 Å². The Balaban J connectivity index is 2.06. The third kappa shape index (κ3) is 9.01. The number of benzene rings is 1. The number of nitrogens with one attached hydrogen (secondary N) is 4. The van der Waals surface area contributed by atoms with Crippen LogP contribution in [0.2, 0.25) is 0 Å². The summed E-state index contributed by atoms with van der Waals surface area (Å²) in [7, 11) is 1.35. The van der Waals surface area contributed by atoms with Crippen molar-refractivity contribution < 1.29 is 33.9 Å². The molecular formula is C31H46N6O7. The summed E-state index contributed by atoms with van der Waals surface area (Å²) in [6.45, 7) is 7.86. The highest BCUT2D eigenvalue weighted by molar-refractivity contribution is 5.97. The standard InChI is InChI=1S/C31H46N6O7/c1-18(2)12-21-26(40)34-22(13-19-10-8-7-9-11-19)29(43)37-15-20(32-30(44)31(3,4)5)14-24(37)27(41)35-23(17-38)28(42)36(6)16-25(39)33-21/h7-11,18,20-24,38H,12-17H2,1-6H3,(H,32,44)(H,33,39)(H,34,40)(H,35,41)/t20-,21-,22-,23-,24-/m0/s1. The molecule has 6 amide bonds. The molecule has 0 bridgehead atoms. The molecular weight excluding hydrogens is 568 g/mol. The van der Waals surface area contributed by atoms with E-state index in [-0.39, 0.29) is 37.6 Å². The lowest BCUT2D eigenvalue weighted by Gasteiger charge is -2.30. The van der Waals surface area contributed by atoms with Gasteiger partial charge in [0.2, 0.25) is 35.4 Å². The van der Waals surface area contributed by atoms with Crippen LogP contribution >= 0.6 is 0 Å². The SMILES string of the molecule is CC(C)C[C@@H]1NC(=O)CN(C)C(=O)[C@H](CO)NC(=O)[C@@H]2C[C@H](NC(=O)C(C)(C)C)CN2C(=O)[C@H](Cc2ccccc2)NC1=O. The molecule has 5 atom stereocenters. The van der Waals surface area contributed by atoms with E-state index >= 15 is 0 Å². The van der Waals surface area contributed by atoms with Crippen LogP contribution in [0.15, 0.2) is 30.3 Å². The van der Waals surface area contributed by atoms with Gasteiger partial charge in [0.15, 0.2) is 0 Å². The lowest BCUT2D eigenvalue weighted by Crippen LogP contribution is -2.58. The summed E-state index contributed by atoms with van der Waals surface area (Å²) in [4.78, 5) is 82.8. The number of aliphatic hydroxyl groups is 1. The summed E-state index contributed by atoms with van der Waals surface area (Å²) in [5, 5.41) is 20.9. The van der Waals surface area contributed by atoms with Gasteiger partial charge in [-0.25, -0.2) is 0 Å². The van der Waals surface area contributed by atoms with E-state index in [4.69, 9.17) is 0 Å². The molecule has 0 aliphatic carbocycles. The van der Waals surface area contributed by atoms with Crippen molar-refractivity contribution in [2.24, 2.45) is 11.3 Å². The fraction of sp³-hybridized carbons (Fsp3) is 0.613. The lowest BCUT2D eigenvalue weighted by molar-refractivity contribution is -0.143. The summed E-state index contributed by atoms with van der Waals surface area (Å²) in [5.41, 5.74) is 0.0422. The first-order valence-electron chi connectivity index (χ1n) is 15.0. The molecule has 1 aromatic carbocycles. The second-order valence-corrected chi connectivity index (χ2v) is 13.1. The normalized spacial score (nSPS) is 25.9. The van der Waals surface area contributed by atoms with Crippen LogP contribution < -0.4 is 21.3 Å². The molecule has 3 rings (SSSR count). The Labute approximate surface area is 258 Å². The van der Waals surface area contributed by atoms with Crippen molar-refractivity contribution in [1.29, 1.82) is 0 Å². The summed E-state index contributed by atoms with van der Waals surface area (Å²) in [6, 6.07) is 3.91. The molecule has 0 radical (unpaired) electrons. The molecule has 1 aromatic rings. The molecule has 242 valence electrons. The molecule has 5 N–H and O–H groups in total. The average Bonchev–Trinajstić information content (AvgIpc) is 3.37. The lowest BCUT2D eigenvalue weighted by atomic mass is 9.95. The van der Waals surface area contributed by atoms with E-state index in [9.17, 15) is 33.9 Å². The highest BCUT2D eigenvalue weighted by Crippen LogP contribution is 2.23. The van der Waals surface area contributed by atoms with Crippen molar-refractivity contribution in [2.75, 3.05) is 26.7 Å². The smallest absolute Gasteiger partial charge is 0.247 e. The molecule has 0 unspecified atom stereocenters. The van der Waals surface area contributed by atoms with Crippen LogP contribution in [-0.4, -0.2) is 107 Å². The number of fused-ring (bicyclic) bond motifs is 1. The van der Waals surface area contributed by atoms with E-state index in [0.717, 1.165) is 10.5 Å². The highest BCUT2D eigenvalue weighted by atomic mass is 16.3. The number of amides is 6. The minimum Gasteiger partial charge on any atom is -0.394 e. The van der Waals surface area contributed by atoms with E-state index < -0.39 is 78.3 Å². The second kappa shape index (κ2) is 14.7. The Hall–Kier alpha value is -4.00. The molecule has 2 aliphatic rings. The maximum Gasteiger partial charge on any atom is 0.247 e. The van der Waals surface area contributed by atoms with Gasteiger partial charge in [0, 0.05) is 31.5 Å². The fourth-order valence-electron chi connectivity index (χ4n) is 5.31. The number of hydrogen-bond acceptors (Lipinski definition) is 7. The second-order valence-electron chi connectivity index (χ2n) is 13.1. The van der Waals surface area contributed by atoms with Gasteiger partial charge >= 0.3 is 0 Å². The van der Waals surface area contributed by atoms with Crippen molar-refractivity contribution >= 4 is 35.4 Å². The minimum absolute atomic E-state index is 0.00603. The average molecular weight is 615 g/mol. The van der Waals surface area contributed by atoms with E-state index in [1.807, 2.05) is 44.2 Å². The first-order chi connectivity index (χ1) is 20.6. The van der Waals surface area contributed by atoms with Gasteiger partial charge in [0.05, 0.1) is 13.2 Å². The molecule has 0 spiro atoms. The summed E-state index contributed by atoms with van der Waals surface area (Å²) in [6.07, 6.45) is 0.440. The maximum atomic E-state index is 14.3. The topological polar surface area (TPSA) is 177 Å². The number of likely N-dealkylation sites (N-methyl/N-ethyl adjacent to an activating group) is 1. The van der Waals surface area contributed by atoms with E-state index in [2.05, 4.69) is 21.3 Å². The van der Waals surface area contributed by atoms with Crippen molar-refractivity contribution in [1.82, 2.24) is 31.1 Å². The van der Waals surface area contributed by atoms with Gasteiger partial charge in [0.25, 0.3) is 0 Å². The van der Waals surface area contributed by atoms with Gasteiger partial charge in [-0.05, 0) is 24.3 Å². The first-order valence-corrected chi connectivity index (χ1v) is 15.0. The number of carbonyl (C=O) groups is 6. The molecule has 2 heterocycles. The third-order valence-electron chi connectivity index (χ3n) is 7.71. The zero-order chi connectivity index (χ0) is 32.8. The number of carbonyl (C=O) groups excluding carboxylic acids is 6. The predicted molar refractivity (Wildman–Crippen MR) is 162 cm³/mol. The zero-order valence-corrected chi connectivity index (χ0v) is 26.4. The highest BCUT2D eigenvalue weighted by Gasteiger charge is 2.44. The molecule has 44 heavy (non-hydrogen) atoms. The summed E-state index contributed by atoms with van der Waals surface area (Å²) < 4.78 is 0. The van der Waals surface area contributed by atoms with Gasteiger partial charge in [0.1, 0.15) is 24.2 Å². The Kier molecular flexibility index (Phi) is 11.5. The van der Waals surface area contributed by atoms with Crippen LogP contribution in [0.1, 0.15) is 53.0 Å². The van der Waals surface area contributed by atoms with Crippen LogP contribution in [-0.2, 0) is 35.2 Å². The van der Waals surface area contributed by atoms with Crippen LogP contribution in [0.5, 0.6) is 0 Å². The molecule has 2 saturated heterocycles. The Morgan fingerprint density at radius 1 is 0.955 bits per heavy atom. The van der Waals surface area contributed by atoms with Crippen LogP contribution in [0.4, 0.5) is 0 Å². The molecule has 13 nitrogen and oxygen atoms in total. The predicted octanol–water partition coefficient (Wildman–Crippen LogP) is -0.674. The summed E-state index contributed by atoms with van der Waals surface area (Å²) >= 11 is 0. The number of aliphatic hydroxyl groups excluding tert-OH is 1. The Morgan fingerprint density at radius 3 is 2.18 bits per heavy atom.